The number of phosphoric acid groups is 1. The second-order valence-electron chi connectivity index (χ2n) is 10.7. The predicted octanol–water partition coefficient (Wildman–Crippen LogP) is 12.1. The molecule has 0 saturated heterocycles. The highest BCUT2D eigenvalue weighted by Crippen LogP contribution is 2.60. The van der Waals surface area contributed by atoms with Crippen LogP contribution in [0.5, 0.6) is 11.5 Å². The Morgan fingerprint density at radius 3 is 2.21 bits per heavy atom. The number of halogens is 5. The van der Waals surface area contributed by atoms with E-state index in [0.717, 1.165) is 0 Å². The second-order valence-corrected chi connectivity index (χ2v) is 14.6. The van der Waals surface area contributed by atoms with Gasteiger partial charge in [-0.25, -0.2) is 4.57 Å². The maximum absolute atomic E-state index is 12.6. The first-order valence-electron chi connectivity index (χ1n) is 14.6. The lowest BCUT2D eigenvalue weighted by Gasteiger charge is -2.19. The standard InChI is InChI=1S/C22H19Cl2NO3.C12H14BrCl2O4P/c1-22(2)17(12-19(23)24)20(22)21(26)28-18(13-25)14-7-6-10-16(11-14)27-15-8-4-3-5-9-15;1-3-17-20(16,18-4-2)19-12(8-13)10-6-5-9(14)7-11(10)15/h3-12,17-18,20H,1-2H3;5-8H,3-4H2,1-2H3/b;12-8+. The lowest BCUT2D eigenvalue weighted by molar-refractivity contribution is -0.149. The molecule has 0 aromatic heterocycles. The molecule has 4 rings (SSSR count). The molecule has 8 nitrogen and oxygen atoms in total. The molecule has 0 radical (unpaired) electrons. The molecule has 0 heterocycles. The molecular formula is C34H33BrCl4NO7P. The van der Waals surface area contributed by atoms with E-state index in [1.165, 1.54) is 4.99 Å². The van der Waals surface area contributed by atoms with Gasteiger partial charge in [-0.2, -0.15) is 5.26 Å². The van der Waals surface area contributed by atoms with E-state index in [0.29, 0.717) is 32.7 Å². The molecular weight excluding hydrogens is 787 g/mol. The molecule has 3 atom stereocenters. The van der Waals surface area contributed by atoms with Crippen LogP contribution in [0.15, 0.2) is 88.3 Å². The zero-order valence-corrected chi connectivity index (χ0v) is 31.9. The second kappa shape index (κ2) is 18.5. The summed E-state index contributed by atoms with van der Waals surface area (Å²) in [7, 11) is -3.68. The Morgan fingerprint density at radius 2 is 1.65 bits per heavy atom. The van der Waals surface area contributed by atoms with Crippen molar-refractivity contribution in [2.75, 3.05) is 13.2 Å². The number of ether oxygens (including phenoxy) is 2. The Morgan fingerprint density at radius 1 is 1.00 bits per heavy atom. The normalized spacial score (nSPS) is 17.1. The van der Waals surface area contributed by atoms with Gasteiger partial charge in [0.2, 0.25) is 6.10 Å². The number of nitrogens with zero attached hydrogens (tertiary/aromatic N) is 1. The van der Waals surface area contributed by atoms with Crippen LogP contribution >= 0.6 is 70.2 Å². The zero-order valence-electron chi connectivity index (χ0n) is 26.4. The fourth-order valence-electron chi connectivity index (χ4n) is 4.64. The van der Waals surface area contributed by atoms with Crippen molar-refractivity contribution in [1.29, 1.82) is 5.26 Å². The SMILES string of the molecule is CC1(C)C(C=C(Cl)Cl)C1C(=O)OC(C#N)c1cccc(Oc2ccccc2)c1.CCOP(=O)(OCC)O/C(=C/Br)c1ccc(Cl)cc1Cl. The maximum Gasteiger partial charge on any atom is 0.530 e. The summed E-state index contributed by atoms with van der Waals surface area (Å²) in [5, 5.41) is 10.4. The first-order chi connectivity index (χ1) is 22.8. The summed E-state index contributed by atoms with van der Waals surface area (Å²) in [5.41, 5.74) is 0.752. The van der Waals surface area contributed by atoms with Gasteiger partial charge in [0.05, 0.1) is 24.2 Å². The van der Waals surface area contributed by atoms with Crippen molar-refractivity contribution in [3.05, 3.63) is 110 Å². The Balaban J connectivity index is 0.000000277. The highest BCUT2D eigenvalue weighted by atomic mass is 79.9. The van der Waals surface area contributed by atoms with Crippen molar-refractivity contribution in [3.63, 3.8) is 0 Å². The average Bonchev–Trinajstić information content (AvgIpc) is 3.58. The van der Waals surface area contributed by atoms with Gasteiger partial charge in [0.1, 0.15) is 27.8 Å². The molecule has 0 aliphatic heterocycles. The number of nitriles is 1. The Bertz CT molecular complexity index is 1700. The number of allylic oxidation sites excluding steroid dienone is 1. The highest BCUT2D eigenvalue weighted by Gasteiger charge is 2.62. The van der Waals surface area contributed by atoms with Crippen LogP contribution in [0.3, 0.4) is 0 Å². The minimum Gasteiger partial charge on any atom is -0.457 e. The quantitative estimate of drug-likeness (QED) is 0.0954. The number of carbonyl (C=O) groups is 1. The fourth-order valence-corrected chi connectivity index (χ4v) is 7.10. The lowest BCUT2D eigenvalue weighted by Crippen LogP contribution is -2.14. The largest absolute Gasteiger partial charge is 0.530 e. The third-order valence-corrected chi connectivity index (χ3v) is 9.83. The Hall–Kier alpha value is -2.51. The number of carbonyl (C=O) groups excluding carboxylic acids is 1. The topological polar surface area (TPSA) is 104 Å². The first-order valence-corrected chi connectivity index (χ1v) is 18.5. The summed E-state index contributed by atoms with van der Waals surface area (Å²) < 4.78 is 39.2. The van der Waals surface area contributed by atoms with Gasteiger partial charge < -0.3 is 14.0 Å². The lowest BCUT2D eigenvalue weighted by atomic mass is 10.1. The van der Waals surface area contributed by atoms with E-state index in [9.17, 15) is 14.6 Å². The van der Waals surface area contributed by atoms with Gasteiger partial charge in [-0.3, -0.25) is 13.8 Å². The van der Waals surface area contributed by atoms with Crippen LogP contribution in [0.1, 0.15) is 44.9 Å². The van der Waals surface area contributed by atoms with Crippen LogP contribution in [0.25, 0.3) is 5.76 Å². The molecule has 14 heteroatoms. The zero-order chi connectivity index (χ0) is 35.5. The van der Waals surface area contributed by atoms with Crippen LogP contribution in [-0.4, -0.2) is 19.2 Å². The number of para-hydroxylation sites is 1. The van der Waals surface area contributed by atoms with E-state index in [1.54, 1.807) is 62.4 Å². The number of hydrogen-bond donors (Lipinski definition) is 0. The summed E-state index contributed by atoms with van der Waals surface area (Å²) in [4.78, 5) is 14.1. The van der Waals surface area contributed by atoms with Gasteiger partial charge in [-0.15, -0.1) is 0 Å². The summed E-state index contributed by atoms with van der Waals surface area (Å²) in [6, 6.07) is 23.2. The van der Waals surface area contributed by atoms with Crippen LogP contribution in [0.4, 0.5) is 0 Å². The van der Waals surface area contributed by atoms with E-state index in [2.05, 4.69) is 15.9 Å². The number of hydrogen-bond acceptors (Lipinski definition) is 8. The maximum atomic E-state index is 12.6. The van der Waals surface area contributed by atoms with Crippen LogP contribution < -0.4 is 4.74 Å². The Kier molecular flexibility index (Phi) is 15.4. The van der Waals surface area contributed by atoms with E-state index >= 15 is 0 Å². The summed E-state index contributed by atoms with van der Waals surface area (Å²) in [6.07, 6.45) is 0.615. The Labute approximate surface area is 309 Å². The minimum absolute atomic E-state index is 0.114. The van der Waals surface area contributed by atoms with Crippen molar-refractivity contribution < 1.29 is 32.4 Å². The van der Waals surface area contributed by atoms with Gasteiger partial charge in [0.25, 0.3) is 0 Å². The average molecular weight is 820 g/mol. The molecule has 0 N–H and O–H groups in total. The number of rotatable bonds is 13. The highest BCUT2D eigenvalue weighted by molar-refractivity contribution is 9.11. The molecule has 3 unspecified atom stereocenters. The number of benzene rings is 3. The van der Waals surface area contributed by atoms with Crippen molar-refractivity contribution in [2.45, 2.75) is 33.8 Å². The van der Waals surface area contributed by atoms with E-state index in [1.807, 2.05) is 50.2 Å². The van der Waals surface area contributed by atoms with Crippen LogP contribution in [0, 0.1) is 28.6 Å². The van der Waals surface area contributed by atoms with Crippen molar-refractivity contribution in [2.24, 2.45) is 17.3 Å². The summed E-state index contributed by atoms with van der Waals surface area (Å²) in [5.74, 6) is 0.523. The molecule has 48 heavy (non-hydrogen) atoms. The van der Waals surface area contributed by atoms with Gasteiger partial charge in [0, 0.05) is 21.1 Å². The fraction of sp³-hybridized carbons (Fsp3) is 0.294. The first kappa shape index (κ1) is 39.9. The van der Waals surface area contributed by atoms with Gasteiger partial charge >= 0.3 is 13.8 Å². The summed E-state index contributed by atoms with van der Waals surface area (Å²) >= 11 is 26.5. The third kappa shape index (κ3) is 11.3. The molecule has 1 aliphatic rings. The van der Waals surface area contributed by atoms with E-state index < -0.39 is 19.9 Å². The van der Waals surface area contributed by atoms with Crippen LogP contribution in [0.2, 0.25) is 10.0 Å². The molecule has 256 valence electrons. The van der Waals surface area contributed by atoms with Gasteiger partial charge in [-0.1, -0.05) is 107 Å². The predicted molar refractivity (Wildman–Crippen MR) is 193 cm³/mol. The number of esters is 1. The molecule has 1 aliphatic carbocycles. The smallest absolute Gasteiger partial charge is 0.457 e. The van der Waals surface area contributed by atoms with Crippen LogP contribution in [-0.2, 0) is 27.7 Å². The van der Waals surface area contributed by atoms with E-state index in [4.69, 9.17) is 69.4 Å². The van der Waals surface area contributed by atoms with Gasteiger partial charge in [-0.05, 0) is 73.7 Å². The monoisotopic (exact) mass is 817 g/mol. The molecule has 3 aromatic carbocycles. The van der Waals surface area contributed by atoms with Crippen molar-refractivity contribution in [1.82, 2.24) is 0 Å². The van der Waals surface area contributed by atoms with Crippen molar-refractivity contribution in [3.8, 4) is 17.6 Å². The van der Waals surface area contributed by atoms with Crippen molar-refractivity contribution >= 4 is 81.9 Å². The molecule has 0 amide bonds. The minimum atomic E-state index is -3.68. The molecule has 0 bridgehead atoms. The summed E-state index contributed by atoms with van der Waals surface area (Å²) in [6.45, 7) is 7.66. The number of phosphoric ester groups is 1. The molecule has 1 fully saturated rings. The molecule has 3 aromatic rings. The van der Waals surface area contributed by atoms with Gasteiger partial charge in [0.15, 0.2) is 0 Å². The molecule has 0 spiro atoms. The third-order valence-electron chi connectivity index (χ3n) is 7.04. The van der Waals surface area contributed by atoms with E-state index in [-0.39, 0.29) is 40.7 Å². The molecule has 1 saturated carbocycles.